The molecule has 3 heteroatoms. The largest absolute Gasteiger partial charge is 0.496 e. The number of thiophene rings is 1. The van der Waals surface area contributed by atoms with Crippen LogP contribution in [0.3, 0.4) is 0 Å². The first kappa shape index (κ1) is 14.1. The highest BCUT2D eigenvalue weighted by Crippen LogP contribution is 2.29. The van der Waals surface area contributed by atoms with E-state index in [-0.39, 0.29) is 0 Å². The molecule has 2 rings (SSSR count). The summed E-state index contributed by atoms with van der Waals surface area (Å²) in [6.45, 7) is 5.22. The van der Waals surface area contributed by atoms with Gasteiger partial charge in [-0.1, -0.05) is 30.7 Å². The van der Waals surface area contributed by atoms with Crippen LogP contribution in [0.4, 0.5) is 0 Å². The molecule has 0 bridgehead atoms. The van der Waals surface area contributed by atoms with E-state index in [2.05, 4.69) is 54.9 Å². The van der Waals surface area contributed by atoms with Crippen molar-refractivity contribution in [1.82, 2.24) is 5.32 Å². The van der Waals surface area contributed by atoms with Gasteiger partial charge in [-0.3, -0.25) is 0 Å². The van der Waals surface area contributed by atoms with Crippen LogP contribution in [0.1, 0.15) is 29.0 Å². The lowest BCUT2D eigenvalue weighted by Gasteiger charge is -2.21. The Morgan fingerprint density at radius 1 is 1.32 bits per heavy atom. The van der Waals surface area contributed by atoms with E-state index in [1.165, 1.54) is 16.0 Å². The summed E-state index contributed by atoms with van der Waals surface area (Å²) in [6, 6.07) is 11.0. The van der Waals surface area contributed by atoms with Crippen molar-refractivity contribution in [2.24, 2.45) is 0 Å². The molecule has 0 amide bonds. The predicted molar refractivity (Wildman–Crippen MR) is 82.2 cm³/mol. The van der Waals surface area contributed by atoms with Gasteiger partial charge in [-0.15, -0.1) is 11.3 Å². The maximum Gasteiger partial charge on any atom is 0.123 e. The summed E-state index contributed by atoms with van der Waals surface area (Å²) >= 11 is 1.81. The Balaban J connectivity index is 2.29. The number of rotatable bonds is 6. The molecular weight excluding hydrogens is 254 g/mol. The monoisotopic (exact) mass is 275 g/mol. The van der Waals surface area contributed by atoms with Crippen LogP contribution in [0, 0.1) is 6.92 Å². The molecule has 0 spiro atoms. The molecule has 1 heterocycles. The third-order valence-electron chi connectivity index (χ3n) is 3.20. The van der Waals surface area contributed by atoms with Crippen molar-refractivity contribution in [3.63, 3.8) is 0 Å². The number of hydrogen-bond donors (Lipinski definition) is 1. The first-order chi connectivity index (χ1) is 9.24. The Labute approximate surface area is 119 Å². The van der Waals surface area contributed by atoms with Gasteiger partial charge in [-0.2, -0.15) is 0 Å². The molecule has 0 radical (unpaired) electrons. The summed E-state index contributed by atoms with van der Waals surface area (Å²) < 4.78 is 5.51. The quantitative estimate of drug-likeness (QED) is 0.861. The fraction of sp³-hybridized carbons (Fsp3) is 0.375. The van der Waals surface area contributed by atoms with Crippen LogP contribution in [-0.4, -0.2) is 13.7 Å². The van der Waals surface area contributed by atoms with Gasteiger partial charge in [0.2, 0.25) is 0 Å². The van der Waals surface area contributed by atoms with Gasteiger partial charge in [0.25, 0.3) is 0 Å². The average molecular weight is 275 g/mol. The van der Waals surface area contributed by atoms with Gasteiger partial charge in [-0.25, -0.2) is 0 Å². The Hall–Kier alpha value is -1.32. The summed E-state index contributed by atoms with van der Waals surface area (Å²) in [7, 11) is 1.74. The molecule has 0 saturated heterocycles. The van der Waals surface area contributed by atoms with E-state index in [1.807, 2.05) is 11.3 Å². The molecule has 0 fully saturated rings. The van der Waals surface area contributed by atoms with E-state index in [4.69, 9.17) is 4.74 Å². The lowest BCUT2D eigenvalue weighted by molar-refractivity contribution is 0.399. The molecule has 0 aliphatic rings. The highest BCUT2D eigenvalue weighted by atomic mass is 32.1. The van der Waals surface area contributed by atoms with E-state index in [9.17, 15) is 0 Å². The fourth-order valence-corrected chi connectivity index (χ4v) is 3.05. The number of benzene rings is 1. The zero-order chi connectivity index (χ0) is 13.7. The molecule has 2 nitrogen and oxygen atoms in total. The van der Waals surface area contributed by atoms with Crippen LogP contribution >= 0.6 is 11.3 Å². The molecule has 0 aliphatic heterocycles. The first-order valence-electron chi connectivity index (χ1n) is 6.65. The highest BCUT2D eigenvalue weighted by molar-refractivity contribution is 7.09. The molecule has 1 unspecified atom stereocenters. The number of hydrogen-bond acceptors (Lipinski definition) is 3. The van der Waals surface area contributed by atoms with Gasteiger partial charge < -0.3 is 10.1 Å². The maximum absolute atomic E-state index is 5.51. The molecule has 102 valence electrons. The topological polar surface area (TPSA) is 21.3 Å². The second-order valence-electron chi connectivity index (χ2n) is 4.64. The van der Waals surface area contributed by atoms with Crippen molar-refractivity contribution in [3.8, 4) is 5.75 Å². The van der Waals surface area contributed by atoms with Crippen LogP contribution < -0.4 is 10.1 Å². The molecule has 1 aromatic carbocycles. The van der Waals surface area contributed by atoms with Crippen LogP contribution in [-0.2, 0) is 6.42 Å². The van der Waals surface area contributed by atoms with Gasteiger partial charge in [0.15, 0.2) is 0 Å². The van der Waals surface area contributed by atoms with Gasteiger partial charge in [0.05, 0.1) is 7.11 Å². The normalized spacial score (nSPS) is 12.4. The van der Waals surface area contributed by atoms with E-state index >= 15 is 0 Å². The lowest BCUT2D eigenvalue weighted by Crippen LogP contribution is -2.23. The smallest absolute Gasteiger partial charge is 0.123 e. The van der Waals surface area contributed by atoms with Gasteiger partial charge in [0.1, 0.15) is 5.75 Å². The van der Waals surface area contributed by atoms with Gasteiger partial charge in [-0.05, 0) is 31.0 Å². The van der Waals surface area contributed by atoms with E-state index in [0.29, 0.717) is 6.04 Å². The Morgan fingerprint density at radius 2 is 2.16 bits per heavy atom. The summed E-state index contributed by atoms with van der Waals surface area (Å²) in [5, 5.41) is 5.70. The van der Waals surface area contributed by atoms with Crippen LogP contribution in [0.25, 0.3) is 0 Å². The fourth-order valence-electron chi connectivity index (χ4n) is 2.29. The first-order valence-corrected chi connectivity index (χ1v) is 7.53. The Morgan fingerprint density at radius 3 is 2.79 bits per heavy atom. The summed E-state index contributed by atoms with van der Waals surface area (Å²) in [6.07, 6.45) is 1.01. The Kier molecular flexibility index (Phi) is 5.00. The number of likely N-dealkylation sites (N-methyl/N-ethyl adjacent to an activating group) is 1. The van der Waals surface area contributed by atoms with Gasteiger partial charge in [0, 0.05) is 22.9 Å². The van der Waals surface area contributed by atoms with Crippen LogP contribution in [0.5, 0.6) is 5.75 Å². The minimum Gasteiger partial charge on any atom is -0.496 e. The zero-order valence-electron chi connectivity index (χ0n) is 11.8. The zero-order valence-corrected chi connectivity index (χ0v) is 12.6. The van der Waals surface area contributed by atoms with Gasteiger partial charge >= 0.3 is 0 Å². The SMILES string of the molecule is CCNC(Cc1cccs1)c1cc(C)ccc1OC. The maximum atomic E-state index is 5.51. The second kappa shape index (κ2) is 6.73. The molecule has 2 aromatic rings. The average Bonchev–Trinajstić information content (AvgIpc) is 2.91. The molecule has 0 aliphatic carbocycles. The summed E-state index contributed by atoms with van der Waals surface area (Å²) in [5.74, 6) is 0.966. The molecule has 19 heavy (non-hydrogen) atoms. The molecule has 1 N–H and O–H groups in total. The standard InChI is InChI=1S/C16H21NOS/c1-4-17-15(11-13-6-5-9-19-13)14-10-12(2)7-8-16(14)18-3/h5-10,15,17H,4,11H2,1-3H3. The number of ether oxygens (including phenoxy) is 1. The number of aryl methyl sites for hydroxylation is 1. The minimum absolute atomic E-state index is 0.304. The van der Waals surface area contributed by atoms with Crippen molar-refractivity contribution >= 4 is 11.3 Å². The third kappa shape index (κ3) is 3.58. The summed E-state index contributed by atoms with van der Waals surface area (Å²) in [4.78, 5) is 1.40. The van der Waals surface area contributed by atoms with E-state index in [0.717, 1.165) is 18.7 Å². The lowest BCUT2D eigenvalue weighted by atomic mass is 9.99. The van der Waals surface area contributed by atoms with E-state index in [1.54, 1.807) is 7.11 Å². The highest BCUT2D eigenvalue weighted by Gasteiger charge is 2.16. The van der Waals surface area contributed by atoms with E-state index < -0.39 is 0 Å². The molecule has 0 saturated carbocycles. The summed E-state index contributed by atoms with van der Waals surface area (Å²) in [5.41, 5.74) is 2.52. The van der Waals surface area contributed by atoms with Crippen LogP contribution in [0.15, 0.2) is 35.7 Å². The Bertz CT molecular complexity index is 507. The van der Waals surface area contributed by atoms with Crippen molar-refractivity contribution in [2.45, 2.75) is 26.3 Å². The van der Waals surface area contributed by atoms with Crippen LogP contribution in [0.2, 0.25) is 0 Å². The predicted octanol–water partition coefficient (Wildman–Crippen LogP) is 3.96. The van der Waals surface area contributed by atoms with Crippen molar-refractivity contribution in [1.29, 1.82) is 0 Å². The number of nitrogens with one attached hydrogen (secondary N) is 1. The second-order valence-corrected chi connectivity index (χ2v) is 5.67. The van der Waals surface area contributed by atoms with Crippen molar-refractivity contribution in [2.75, 3.05) is 13.7 Å². The number of methoxy groups -OCH3 is 1. The molecule has 1 aromatic heterocycles. The van der Waals surface area contributed by atoms with Crippen molar-refractivity contribution in [3.05, 3.63) is 51.7 Å². The van der Waals surface area contributed by atoms with Crippen molar-refractivity contribution < 1.29 is 4.74 Å². The molecular formula is C16H21NOS. The molecule has 1 atom stereocenters. The third-order valence-corrected chi connectivity index (χ3v) is 4.10. The minimum atomic E-state index is 0.304.